The summed E-state index contributed by atoms with van der Waals surface area (Å²) >= 11 is 0. The van der Waals surface area contributed by atoms with Crippen LogP contribution in [0.4, 0.5) is 5.69 Å². The minimum atomic E-state index is -0.709. The lowest BCUT2D eigenvalue weighted by molar-refractivity contribution is -0.121. The summed E-state index contributed by atoms with van der Waals surface area (Å²) in [5.41, 5.74) is -0.0220. The molecule has 1 aliphatic rings. The molecule has 2 N–H and O–H groups in total. The van der Waals surface area contributed by atoms with Gasteiger partial charge in [0.15, 0.2) is 0 Å². The zero-order valence-electron chi connectivity index (χ0n) is 13.3. The van der Waals surface area contributed by atoms with E-state index in [0.29, 0.717) is 11.6 Å². The first kappa shape index (κ1) is 15.9. The monoisotopic (exact) mass is 325 g/mol. The van der Waals surface area contributed by atoms with Crippen LogP contribution in [0.25, 0.3) is 5.95 Å². The highest BCUT2D eigenvalue weighted by Gasteiger charge is 2.33. The van der Waals surface area contributed by atoms with Crippen LogP contribution in [0.15, 0.2) is 30.9 Å². The maximum absolute atomic E-state index is 12.1. The number of nitrogens with zero attached hydrogens (tertiary/aromatic N) is 5. The van der Waals surface area contributed by atoms with Gasteiger partial charge in [-0.3, -0.25) is 4.79 Å². The zero-order valence-corrected chi connectivity index (χ0v) is 13.3. The van der Waals surface area contributed by atoms with Gasteiger partial charge in [-0.05, 0) is 18.9 Å². The van der Waals surface area contributed by atoms with Crippen LogP contribution in [0, 0.1) is 11.3 Å². The molecular weight excluding hydrogens is 306 g/mol. The number of nitrogens with one attached hydrogen (secondary N) is 2. The summed E-state index contributed by atoms with van der Waals surface area (Å²) < 4.78 is 1.53. The molecule has 0 aromatic carbocycles. The maximum atomic E-state index is 12.1. The van der Waals surface area contributed by atoms with Crippen molar-refractivity contribution in [2.75, 3.05) is 11.9 Å². The molecule has 0 aliphatic heterocycles. The Balaban J connectivity index is 1.55. The van der Waals surface area contributed by atoms with Crippen molar-refractivity contribution >= 4 is 11.6 Å². The molecule has 8 heteroatoms. The summed E-state index contributed by atoms with van der Waals surface area (Å²) in [6.45, 7) is 0.0881. The summed E-state index contributed by atoms with van der Waals surface area (Å²) in [4.78, 5) is 20.4. The molecule has 0 spiro atoms. The topological polar surface area (TPSA) is 109 Å². The number of anilines is 1. The number of hydrogen-bond donors (Lipinski definition) is 2. The molecule has 2 aromatic heterocycles. The largest absolute Gasteiger partial charge is 0.374 e. The molecule has 24 heavy (non-hydrogen) atoms. The van der Waals surface area contributed by atoms with Crippen LogP contribution < -0.4 is 10.6 Å². The fraction of sp³-hybridized carbons (Fsp3) is 0.438. The van der Waals surface area contributed by atoms with E-state index in [1.54, 1.807) is 30.9 Å². The van der Waals surface area contributed by atoms with Gasteiger partial charge in [0.25, 0.3) is 0 Å². The number of aromatic nitrogens is 4. The van der Waals surface area contributed by atoms with Crippen molar-refractivity contribution in [1.82, 2.24) is 25.1 Å². The number of amides is 1. The van der Waals surface area contributed by atoms with E-state index in [-0.39, 0.29) is 12.5 Å². The smallest absolute Gasteiger partial charge is 0.250 e. The molecule has 1 aliphatic carbocycles. The van der Waals surface area contributed by atoms with E-state index in [0.717, 1.165) is 32.1 Å². The van der Waals surface area contributed by atoms with Crippen LogP contribution in [0.5, 0.6) is 0 Å². The van der Waals surface area contributed by atoms with Crippen LogP contribution >= 0.6 is 0 Å². The molecule has 1 amide bonds. The summed E-state index contributed by atoms with van der Waals surface area (Å²) in [6, 6.07) is 4.01. The van der Waals surface area contributed by atoms with Gasteiger partial charge < -0.3 is 10.6 Å². The van der Waals surface area contributed by atoms with E-state index >= 15 is 0 Å². The van der Waals surface area contributed by atoms with Crippen molar-refractivity contribution in [3.8, 4) is 12.0 Å². The third kappa shape index (κ3) is 3.68. The van der Waals surface area contributed by atoms with E-state index in [2.05, 4.69) is 31.8 Å². The van der Waals surface area contributed by atoms with Gasteiger partial charge >= 0.3 is 0 Å². The highest BCUT2D eigenvalue weighted by atomic mass is 16.2. The van der Waals surface area contributed by atoms with Crippen molar-refractivity contribution in [3.63, 3.8) is 0 Å². The van der Waals surface area contributed by atoms with Crippen molar-refractivity contribution in [3.05, 3.63) is 30.9 Å². The number of carbonyl (C=O) groups excluding carboxylic acids is 1. The summed E-state index contributed by atoms with van der Waals surface area (Å²) in [6.07, 6.45) is 11.1. The predicted octanol–water partition coefficient (Wildman–Crippen LogP) is 1.42. The number of nitriles is 1. The lowest BCUT2D eigenvalue weighted by Gasteiger charge is -2.31. The molecule has 0 unspecified atom stereocenters. The Morgan fingerprint density at radius 1 is 1.29 bits per heavy atom. The van der Waals surface area contributed by atoms with Gasteiger partial charge in [0.05, 0.1) is 30.7 Å². The Morgan fingerprint density at radius 2 is 2.04 bits per heavy atom. The highest BCUT2D eigenvalue weighted by molar-refractivity contribution is 5.81. The molecule has 124 valence electrons. The van der Waals surface area contributed by atoms with Gasteiger partial charge in [0.2, 0.25) is 11.9 Å². The molecule has 1 saturated carbocycles. The van der Waals surface area contributed by atoms with Gasteiger partial charge in [-0.1, -0.05) is 19.3 Å². The van der Waals surface area contributed by atoms with E-state index in [9.17, 15) is 10.1 Å². The van der Waals surface area contributed by atoms with Crippen molar-refractivity contribution in [1.29, 1.82) is 5.26 Å². The molecule has 2 aromatic rings. The van der Waals surface area contributed by atoms with E-state index < -0.39 is 5.54 Å². The quantitative estimate of drug-likeness (QED) is 0.860. The van der Waals surface area contributed by atoms with Crippen molar-refractivity contribution < 1.29 is 4.79 Å². The third-order valence-corrected chi connectivity index (χ3v) is 4.09. The highest BCUT2D eigenvalue weighted by Crippen LogP contribution is 2.27. The Bertz CT molecular complexity index is 728. The third-order valence-electron chi connectivity index (χ3n) is 4.09. The first-order valence-electron chi connectivity index (χ1n) is 7.99. The molecule has 0 bridgehead atoms. The Morgan fingerprint density at radius 3 is 2.75 bits per heavy atom. The molecule has 0 radical (unpaired) electrons. The predicted molar refractivity (Wildman–Crippen MR) is 87.2 cm³/mol. The van der Waals surface area contributed by atoms with Crippen LogP contribution in [0.1, 0.15) is 32.1 Å². The lowest BCUT2D eigenvalue weighted by atomic mass is 9.83. The Kier molecular flexibility index (Phi) is 4.70. The average molecular weight is 325 g/mol. The zero-order chi connectivity index (χ0) is 16.8. The van der Waals surface area contributed by atoms with E-state index in [1.165, 1.54) is 4.68 Å². The summed E-state index contributed by atoms with van der Waals surface area (Å²) in [5, 5.41) is 19.4. The SMILES string of the molecule is N#CC1(NC(=O)CNc2cnn(-c3ncccn3)c2)CCCCC1. The molecule has 0 saturated heterocycles. The summed E-state index contributed by atoms with van der Waals surface area (Å²) in [7, 11) is 0. The summed E-state index contributed by atoms with van der Waals surface area (Å²) in [5.74, 6) is 0.266. The number of carbonyl (C=O) groups is 1. The molecule has 0 atom stereocenters. The molecule has 1 fully saturated rings. The normalized spacial score (nSPS) is 16.1. The number of hydrogen-bond acceptors (Lipinski definition) is 6. The van der Waals surface area contributed by atoms with Crippen molar-refractivity contribution in [2.45, 2.75) is 37.6 Å². The van der Waals surface area contributed by atoms with Crippen molar-refractivity contribution in [2.24, 2.45) is 0 Å². The van der Waals surface area contributed by atoms with Gasteiger partial charge in [0, 0.05) is 12.4 Å². The van der Waals surface area contributed by atoms with Crippen LogP contribution in [0.2, 0.25) is 0 Å². The average Bonchev–Trinajstić information content (AvgIpc) is 3.11. The van der Waals surface area contributed by atoms with Gasteiger partial charge in [-0.2, -0.15) is 10.4 Å². The molecular formula is C16H19N7O. The van der Waals surface area contributed by atoms with Crippen LogP contribution in [-0.4, -0.2) is 37.7 Å². The molecule has 3 rings (SSSR count). The minimum Gasteiger partial charge on any atom is -0.374 e. The minimum absolute atomic E-state index is 0.0881. The van der Waals surface area contributed by atoms with Gasteiger partial charge in [-0.25, -0.2) is 14.6 Å². The van der Waals surface area contributed by atoms with Gasteiger partial charge in [-0.15, -0.1) is 0 Å². The lowest BCUT2D eigenvalue weighted by Crippen LogP contribution is -2.50. The standard InChI is InChI=1S/C16H19N7O/c17-12-16(5-2-1-3-6-16)22-14(24)10-20-13-9-21-23(11-13)15-18-7-4-8-19-15/h4,7-9,11,20H,1-3,5-6,10H2,(H,22,24). The second kappa shape index (κ2) is 7.08. The Hall–Kier alpha value is -2.95. The number of rotatable bonds is 5. The second-order valence-corrected chi connectivity index (χ2v) is 5.88. The maximum Gasteiger partial charge on any atom is 0.250 e. The van der Waals surface area contributed by atoms with Crippen LogP contribution in [-0.2, 0) is 4.79 Å². The Labute approximate surface area is 139 Å². The fourth-order valence-corrected chi connectivity index (χ4v) is 2.85. The van der Waals surface area contributed by atoms with E-state index in [1.807, 2.05) is 0 Å². The molecule has 8 nitrogen and oxygen atoms in total. The second-order valence-electron chi connectivity index (χ2n) is 5.88. The van der Waals surface area contributed by atoms with Crippen LogP contribution in [0.3, 0.4) is 0 Å². The van der Waals surface area contributed by atoms with E-state index in [4.69, 9.17) is 0 Å². The fourth-order valence-electron chi connectivity index (χ4n) is 2.85. The first-order chi connectivity index (χ1) is 11.7. The first-order valence-corrected chi connectivity index (χ1v) is 7.99. The molecule has 2 heterocycles. The van der Waals surface area contributed by atoms with Gasteiger partial charge in [0.1, 0.15) is 5.54 Å².